The molecule has 3 heterocycles. The average molecular weight is 391 g/mol. The van der Waals surface area contributed by atoms with Crippen molar-refractivity contribution in [3.63, 3.8) is 0 Å². The Morgan fingerprint density at radius 2 is 1.82 bits per heavy atom. The highest BCUT2D eigenvalue weighted by Crippen LogP contribution is 2.38. The van der Waals surface area contributed by atoms with E-state index in [0.29, 0.717) is 6.04 Å². The second kappa shape index (κ2) is 7.45. The Morgan fingerprint density at radius 3 is 2.50 bits per heavy atom. The second-order valence-corrected chi connectivity index (χ2v) is 8.02. The number of aromatic nitrogens is 4. The molecule has 1 aromatic carbocycles. The Hall–Kier alpha value is -2.57. The number of benzene rings is 1. The monoisotopic (exact) mass is 390 g/mol. The van der Waals surface area contributed by atoms with Gasteiger partial charge in [0.05, 0.1) is 13.1 Å². The summed E-state index contributed by atoms with van der Waals surface area (Å²) in [4.78, 5) is 5.63. The van der Waals surface area contributed by atoms with Gasteiger partial charge in [0, 0.05) is 30.4 Å². The molecule has 1 aliphatic carbocycles. The molecule has 1 aliphatic heterocycles. The fourth-order valence-corrected chi connectivity index (χ4v) is 4.28. The van der Waals surface area contributed by atoms with Crippen molar-refractivity contribution in [1.29, 1.82) is 0 Å². The summed E-state index contributed by atoms with van der Waals surface area (Å²) < 4.78 is 5.12. The lowest BCUT2D eigenvalue weighted by Gasteiger charge is -2.23. The first-order valence-corrected chi connectivity index (χ1v) is 10.4. The lowest BCUT2D eigenvalue weighted by atomic mass is 10.00. The van der Waals surface area contributed by atoms with Crippen molar-refractivity contribution in [2.75, 3.05) is 13.1 Å². The summed E-state index contributed by atoms with van der Waals surface area (Å²) in [6.07, 6.45) is 9.49. The summed E-state index contributed by atoms with van der Waals surface area (Å²) >= 11 is 5.82. The zero-order valence-electron chi connectivity index (χ0n) is 15.8. The molecule has 1 N–H and O–H groups in total. The molecule has 1 fully saturated rings. The van der Waals surface area contributed by atoms with Crippen LogP contribution in [0.15, 0.2) is 60.9 Å². The lowest BCUT2D eigenvalue weighted by molar-refractivity contribution is -0.918. The van der Waals surface area contributed by atoms with Crippen molar-refractivity contribution in [3.05, 3.63) is 71.3 Å². The fourth-order valence-electron chi connectivity index (χ4n) is 3.94. The van der Waals surface area contributed by atoms with E-state index >= 15 is 0 Å². The minimum absolute atomic E-state index is 0.505. The van der Waals surface area contributed by atoms with Crippen LogP contribution < -0.4 is 4.90 Å². The van der Waals surface area contributed by atoms with E-state index in [2.05, 4.69) is 46.0 Å². The molecule has 1 unspecified atom stereocenters. The average Bonchev–Trinajstić information content (AvgIpc) is 3.54. The van der Waals surface area contributed by atoms with E-state index in [0.717, 1.165) is 42.3 Å². The highest BCUT2D eigenvalue weighted by Gasteiger charge is 2.29. The number of pyridine rings is 1. The van der Waals surface area contributed by atoms with Gasteiger partial charge in [-0.3, -0.25) is 9.55 Å². The normalized spacial score (nSPS) is 19.4. The minimum atomic E-state index is 0.505. The van der Waals surface area contributed by atoms with Gasteiger partial charge in [0.15, 0.2) is 12.5 Å². The molecule has 28 heavy (non-hydrogen) atoms. The molecular formula is C22H24N5S+. The van der Waals surface area contributed by atoms with Gasteiger partial charge in [-0.1, -0.05) is 30.3 Å². The number of hydrogen-bond donors (Lipinski definition) is 1. The standard InChI is InChI=1S/C22H23N5S/c28-22-26(16-25-14-10-18(11-15-25)17-4-2-1-3-5-17)24-21(27(22)20-6-7-20)19-8-12-23-13-9-19/h1-5,8-10,12-13,20H,6-7,11,14-16H2/p+1. The number of rotatable bonds is 5. The first kappa shape index (κ1) is 17.5. The molecule has 0 spiro atoms. The van der Waals surface area contributed by atoms with E-state index in [4.69, 9.17) is 17.3 Å². The zero-order chi connectivity index (χ0) is 18.9. The Bertz CT molecular complexity index is 1050. The van der Waals surface area contributed by atoms with E-state index in [1.165, 1.54) is 28.9 Å². The third-order valence-corrected chi connectivity index (χ3v) is 6.03. The molecule has 142 valence electrons. The molecule has 5 nitrogen and oxygen atoms in total. The van der Waals surface area contributed by atoms with Gasteiger partial charge in [0.1, 0.15) is 0 Å². The van der Waals surface area contributed by atoms with E-state index in [1.807, 2.05) is 29.2 Å². The van der Waals surface area contributed by atoms with E-state index in [-0.39, 0.29) is 0 Å². The second-order valence-electron chi connectivity index (χ2n) is 7.65. The van der Waals surface area contributed by atoms with Crippen molar-refractivity contribution >= 4 is 17.8 Å². The molecule has 3 aromatic rings. The van der Waals surface area contributed by atoms with Crippen molar-refractivity contribution in [3.8, 4) is 11.4 Å². The topological polar surface area (TPSA) is 40.1 Å². The summed E-state index contributed by atoms with van der Waals surface area (Å²) in [5.41, 5.74) is 3.89. The van der Waals surface area contributed by atoms with Crippen molar-refractivity contribution in [2.45, 2.75) is 32.0 Å². The first-order chi connectivity index (χ1) is 13.8. The third kappa shape index (κ3) is 3.45. The Labute approximate surface area is 170 Å². The molecule has 0 amide bonds. The molecule has 1 saturated carbocycles. The van der Waals surface area contributed by atoms with Crippen molar-refractivity contribution in [1.82, 2.24) is 19.3 Å². The van der Waals surface area contributed by atoms with Gasteiger partial charge in [-0.15, -0.1) is 5.10 Å². The van der Waals surface area contributed by atoms with Crippen LogP contribution in [0.4, 0.5) is 0 Å². The summed E-state index contributed by atoms with van der Waals surface area (Å²) in [7, 11) is 0. The third-order valence-electron chi connectivity index (χ3n) is 5.62. The molecule has 6 heteroatoms. The van der Waals surface area contributed by atoms with Crippen LogP contribution in [-0.2, 0) is 6.67 Å². The summed E-state index contributed by atoms with van der Waals surface area (Å²) in [5, 5.41) is 4.92. The van der Waals surface area contributed by atoms with Crippen LogP contribution in [0.3, 0.4) is 0 Å². The molecular weight excluding hydrogens is 366 g/mol. The molecule has 0 radical (unpaired) electrons. The number of nitrogens with zero attached hydrogens (tertiary/aromatic N) is 4. The maximum atomic E-state index is 5.82. The maximum absolute atomic E-state index is 5.82. The first-order valence-electron chi connectivity index (χ1n) is 9.97. The SMILES string of the molecule is S=c1n(C[NH+]2CC=C(c3ccccc3)CC2)nc(-c2ccncc2)n1C1CC1. The number of hydrogen-bond acceptors (Lipinski definition) is 3. The summed E-state index contributed by atoms with van der Waals surface area (Å²) in [5.74, 6) is 0.979. The lowest BCUT2D eigenvalue weighted by Crippen LogP contribution is -3.11. The number of quaternary nitrogens is 1. The Morgan fingerprint density at radius 1 is 1.04 bits per heavy atom. The minimum Gasteiger partial charge on any atom is -0.313 e. The molecule has 5 rings (SSSR count). The number of nitrogens with one attached hydrogen (secondary N) is 1. The van der Waals surface area contributed by atoms with Crippen LogP contribution in [0.25, 0.3) is 17.0 Å². The van der Waals surface area contributed by atoms with Gasteiger partial charge in [-0.25, -0.2) is 0 Å². The molecule has 0 bridgehead atoms. The van der Waals surface area contributed by atoms with E-state index in [9.17, 15) is 0 Å². The van der Waals surface area contributed by atoms with E-state index in [1.54, 1.807) is 0 Å². The maximum Gasteiger partial charge on any atom is 0.203 e. The molecule has 2 aromatic heterocycles. The summed E-state index contributed by atoms with van der Waals surface area (Å²) in [6.45, 7) is 2.92. The Kier molecular flexibility index (Phi) is 4.66. The van der Waals surface area contributed by atoms with Gasteiger partial charge in [0.2, 0.25) is 4.77 Å². The zero-order valence-corrected chi connectivity index (χ0v) is 16.6. The van der Waals surface area contributed by atoms with Gasteiger partial charge < -0.3 is 4.90 Å². The van der Waals surface area contributed by atoms with Crippen LogP contribution in [0, 0.1) is 4.77 Å². The largest absolute Gasteiger partial charge is 0.313 e. The van der Waals surface area contributed by atoms with Crippen LogP contribution in [0.1, 0.15) is 30.9 Å². The van der Waals surface area contributed by atoms with E-state index < -0.39 is 0 Å². The smallest absolute Gasteiger partial charge is 0.203 e. The van der Waals surface area contributed by atoms with Crippen molar-refractivity contribution in [2.24, 2.45) is 0 Å². The fraction of sp³-hybridized carbons (Fsp3) is 0.318. The quantitative estimate of drug-likeness (QED) is 0.681. The van der Waals surface area contributed by atoms with Crippen LogP contribution in [0.2, 0.25) is 0 Å². The van der Waals surface area contributed by atoms with Crippen LogP contribution >= 0.6 is 12.2 Å². The highest BCUT2D eigenvalue weighted by molar-refractivity contribution is 7.71. The van der Waals surface area contributed by atoms with Gasteiger partial charge in [-0.05, 0) is 54.4 Å². The van der Waals surface area contributed by atoms with Crippen LogP contribution in [0.5, 0.6) is 0 Å². The van der Waals surface area contributed by atoms with Crippen molar-refractivity contribution < 1.29 is 4.90 Å². The predicted octanol–water partition coefficient (Wildman–Crippen LogP) is 3.14. The van der Waals surface area contributed by atoms with Crippen LogP contribution in [-0.4, -0.2) is 32.4 Å². The molecule has 0 saturated heterocycles. The predicted molar refractivity (Wildman–Crippen MR) is 112 cm³/mol. The van der Waals surface area contributed by atoms with Gasteiger partial charge in [-0.2, -0.15) is 4.68 Å². The Balaban J connectivity index is 1.38. The highest BCUT2D eigenvalue weighted by atomic mass is 32.1. The molecule has 1 atom stereocenters. The van der Waals surface area contributed by atoms with Gasteiger partial charge in [0.25, 0.3) is 0 Å². The molecule has 2 aliphatic rings. The van der Waals surface area contributed by atoms with Gasteiger partial charge >= 0.3 is 0 Å². The summed E-state index contributed by atoms with van der Waals surface area (Å²) in [6, 6.07) is 15.2.